The maximum Gasteiger partial charge on any atom is 0.389 e. The number of carbonyl (C=O) groups is 1. The van der Waals surface area contributed by atoms with E-state index in [1.807, 2.05) is 50.3 Å². The number of hydrogen-bond donors (Lipinski definition) is 4. The van der Waals surface area contributed by atoms with Crippen LogP contribution >= 0.6 is 0 Å². The Bertz CT molecular complexity index is 1070. The number of nitrogens with one attached hydrogen (secondary N) is 2. The molecule has 0 saturated carbocycles. The molecule has 6 N–H and O–H groups in total. The molecule has 0 saturated heterocycles. The van der Waals surface area contributed by atoms with Crippen molar-refractivity contribution >= 4 is 17.8 Å². The Morgan fingerprint density at radius 1 is 1.22 bits per heavy atom. The minimum absolute atomic E-state index is 0.00144. The van der Waals surface area contributed by atoms with Gasteiger partial charge in [-0.15, -0.1) is 0 Å². The lowest BCUT2D eigenvalue weighted by atomic mass is 9.92. The third-order valence-electron chi connectivity index (χ3n) is 6.07. The van der Waals surface area contributed by atoms with Gasteiger partial charge in [0.15, 0.2) is 0 Å². The van der Waals surface area contributed by atoms with E-state index in [4.69, 9.17) is 16.4 Å². The highest BCUT2D eigenvalue weighted by atomic mass is 19.4. The molecule has 0 aliphatic rings. The van der Waals surface area contributed by atoms with Crippen molar-refractivity contribution in [2.75, 3.05) is 6.61 Å². The number of carbonyl (C=O) groups excluding carboxylic acids is 1. The summed E-state index contributed by atoms with van der Waals surface area (Å²) in [6.07, 6.45) is 0.0290. The molecule has 1 unspecified atom stereocenters. The number of nitrogens with zero attached hydrogens (tertiary/aromatic N) is 1. The van der Waals surface area contributed by atoms with Crippen molar-refractivity contribution in [1.82, 2.24) is 10.7 Å². The molecule has 1 atom stereocenters. The monoisotopic (exact) mass is 519 g/mol. The summed E-state index contributed by atoms with van der Waals surface area (Å²) in [5, 5.41) is 6.58. The SMILES string of the molecule is C/C=C(\CC(CCc1cccc(OCCCC(F)(F)F)c1)NC=O)c1ccc(C)c(C/C(=N/N)NN)c1. The van der Waals surface area contributed by atoms with Gasteiger partial charge in [-0.1, -0.05) is 36.4 Å². The number of hydrazone groups is 1. The van der Waals surface area contributed by atoms with E-state index in [9.17, 15) is 18.0 Å². The summed E-state index contributed by atoms with van der Waals surface area (Å²) < 4.78 is 42.4. The van der Waals surface area contributed by atoms with E-state index in [1.165, 1.54) is 0 Å². The number of amidine groups is 1. The fourth-order valence-corrected chi connectivity index (χ4v) is 3.98. The molecule has 0 bridgehead atoms. The Balaban J connectivity index is 2.03. The second-order valence-electron chi connectivity index (χ2n) is 8.79. The number of aryl methyl sites for hydroxylation is 2. The van der Waals surface area contributed by atoms with Crippen molar-refractivity contribution < 1.29 is 22.7 Å². The van der Waals surface area contributed by atoms with Gasteiger partial charge in [-0.25, -0.2) is 5.84 Å². The van der Waals surface area contributed by atoms with Gasteiger partial charge in [0.2, 0.25) is 6.41 Å². The van der Waals surface area contributed by atoms with Crippen LogP contribution < -0.4 is 27.2 Å². The molecule has 2 aromatic rings. The number of amides is 1. The van der Waals surface area contributed by atoms with Gasteiger partial charge < -0.3 is 21.3 Å². The average Bonchev–Trinajstić information content (AvgIpc) is 2.87. The maximum absolute atomic E-state index is 12.3. The molecule has 7 nitrogen and oxygen atoms in total. The smallest absolute Gasteiger partial charge is 0.389 e. The van der Waals surface area contributed by atoms with Crippen LogP contribution in [0.2, 0.25) is 0 Å². The van der Waals surface area contributed by atoms with Gasteiger partial charge in [-0.3, -0.25) is 4.79 Å². The number of ether oxygens (including phenoxy) is 1. The highest BCUT2D eigenvalue weighted by Crippen LogP contribution is 2.26. The highest BCUT2D eigenvalue weighted by molar-refractivity contribution is 5.84. The number of nitrogens with two attached hydrogens (primary N) is 2. The summed E-state index contributed by atoms with van der Waals surface area (Å²) in [6, 6.07) is 13.3. The molecule has 2 aromatic carbocycles. The molecule has 0 spiro atoms. The van der Waals surface area contributed by atoms with E-state index in [-0.39, 0.29) is 19.1 Å². The van der Waals surface area contributed by atoms with Crippen LogP contribution in [0.4, 0.5) is 13.2 Å². The lowest BCUT2D eigenvalue weighted by Crippen LogP contribution is -2.33. The van der Waals surface area contributed by atoms with Gasteiger partial charge in [0.05, 0.1) is 6.61 Å². The first-order chi connectivity index (χ1) is 17.7. The minimum atomic E-state index is -4.18. The summed E-state index contributed by atoms with van der Waals surface area (Å²) >= 11 is 0. The predicted molar refractivity (Wildman–Crippen MR) is 141 cm³/mol. The molecule has 0 aromatic heterocycles. The van der Waals surface area contributed by atoms with Gasteiger partial charge in [0.1, 0.15) is 11.6 Å². The molecule has 37 heavy (non-hydrogen) atoms. The molecule has 1 amide bonds. The van der Waals surface area contributed by atoms with Crippen LogP contribution in [-0.4, -0.2) is 31.1 Å². The first-order valence-electron chi connectivity index (χ1n) is 12.2. The quantitative estimate of drug-likeness (QED) is 0.0731. The number of benzene rings is 2. The van der Waals surface area contributed by atoms with Crippen molar-refractivity contribution in [3.8, 4) is 5.75 Å². The number of hydrazine groups is 1. The molecule has 10 heteroatoms. The van der Waals surface area contributed by atoms with Crippen molar-refractivity contribution in [1.29, 1.82) is 0 Å². The lowest BCUT2D eigenvalue weighted by Gasteiger charge is -2.20. The van der Waals surface area contributed by atoms with Gasteiger partial charge in [0.25, 0.3) is 0 Å². The van der Waals surface area contributed by atoms with Crippen LogP contribution in [0.25, 0.3) is 5.57 Å². The normalized spacial score (nSPS) is 13.2. The fourth-order valence-electron chi connectivity index (χ4n) is 3.98. The third kappa shape index (κ3) is 10.5. The molecule has 0 heterocycles. The Labute approximate surface area is 216 Å². The Kier molecular flexibility index (Phi) is 12.0. The van der Waals surface area contributed by atoms with Crippen molar-refractivity contribution in [3.63, 3.8) is 0 Å². The summed E-state index contributed by atoms with van der Waals surface area (Å²) in [5.74, 6) is 11.9. The number of hydrogen-bond acceptors (Lipinski definition) is 5. The van der Waals surface area contributed by atoms with Gasteiger partial charge >= 0.3 is 6.18 Å². The lowest BCUT2D eigenvalue weighted by molar-refractivity contribution is -0.136. The van der Waals surface area contributed by atoms with Gasteiger partial charge in [-0.2, -0.15) is 18.3 Å². The second kappa shape index (κ2) is 14.9. The average molecular weight is 520 g/mol. The summed E-state index contributed by atoms with van der Waals surface area (Å²) in [6.45, 7) is 3.96. The van der Waals surface area contributed by atoms with Crippen LogP contribution in [0, 0.1) is 6.92 Å². The van der Waals surface area contributed by atoms with E-state index >= 15 is 0 Å². The van der Waals surface area contributed by atoms with Crippen LogP contribution in [0.5, 0.6) is 5.75 Å². The number of halogens is 3. The van der Waals surface area contributed by atoms with E-state index in [2.05, 4.69) is 21.9 Å². The molecular formula is C27H36F3N5O2. The van der Waals surface area contributed by atoms with Crippen LogP contribution in [0.3, 0.4) is 0 Å². The number of rotatable bonds is 14. The zero-order valence-electron chi connectivity index (χ0n) is 21.3. The first kappa shape index (κ1) is 29.7. The van der Waals surface area contributed by atoms with Gasteiger partial charge in [0, 0.05) is 18.9 Å². The minimum Gasteiger partial charge on any atom is -0.494 e. The molecule has 0 aliphatic carbocycles. The molecular weight excluding hydrogens is 483 g/mol. The van der Waals surface area contributed by atoms with Crippen LogP contribution in [0.1, 0.15) is 54.9 Å². The molecule has 2 rings (SSSR count). The zero-order chi connectivity index (χ0) is 27.3. The summed E-state index contributed by atoms with van der Waals surface area (Å²) in [7, 11) is 0. The van der Waals surface area contributed by atoms with Crippen LogP contribution in [-0.2, 0) is 17.6 Å². The summed E-state index contributed by atoms with van der Waals surface area (Å²) in [4.78, 5) is 11.3. The van der Waals surface area contributed by atoms with Crippen molar-refractivity contribution in [3.05, 3.63) is 70.8 Å². The number of alkyl halides is 3. The summed E-state index contributed by atoms with van der Waals surface area (Å²) in [5.41, 5.74) is 7.71. The first-order valence-corrected chi connectivity index (χ1v) is 12.2. The molecule has 0 fully saturated rings. The van der Waals surface area contributed by atoms with Crippen molar-refractivity contribution in [2.24, 2.45) is 16.8 Å². The predicted octanol–water partition coefficient (Wildman–Crippen LogP) is 4.54. The van der Waals surface area contributed by atoms with Crippen LogP contribution in [0.15, 0.2) is 53.6 Å². The standard InChI is InChI=1S/C27H36F3N5O2/c1-3-21(22-10-8-19(2)23(15-22)17-26(34-31)35-32)16-24(33-18-36)11-9-20-6-4-7-25(14-20)37-13-5-12-27(28,29)30/h3-4,6-8,10,14-15,18,24H,5,9,11-13,16-17,31-32H2,1-2H3,(H,33,36)(H,34,35)/b21-3+. The Morgan fingerprint density at radius 2 is 2.00 bits per heavy atom. The zero-order valence-corrected chi connectivity index (χ0v) is 21.3. The fraction of sp³-hybridized carbons (Fsp3) is 0.407. The molecule has 0 aliphatic heterocycles. The Hall–Kier alpha value is -3.53. The van der Waals surface area contributed by atoms with E-state index in [1.54, 1.807) is 6.07 Å². The van der Waals surface area contributed by atoms with E-state index < -0.39 is 12.6 Å². The highest BCUT2D eigenvalue weighted by Gasteiger charge is 2.26. The maximum atomic E-state index is 12.3. The van der Waals surface area contributed by atoms with Gasteiger partial charge in [-0.05, 0) is 79.5 Å². The third-order valence-corrected chi connectivity index (χ3v) is 6.07. The van der Waals surface area contributed by atoms with E-state index in [0.29, 0.717) is 43.7 Å². The topological polar surface area (TPSA) is 115 Å². The molecule has 202 valence electrons. The number of allylic oxidation sites excluding steroid dienone is 1. The second-order valence-corrected chi connectivity index (χ2v) is 8.79. The van der Waals surface area contributed by atoms with E-state index in [0.717, 1.165) is 27.8 Å². The molecule has 0 radical (unpaired) electrons. The Morgan fingerprint density at radius 3 is 2.65 bits per heavy atom. The largest absolute Gasteiger partial charge is 0.494 e. The van der Waals surface area contributed by atoms with Crippen molar-refractivity contribution in [2.45, 2.75) is 64.6 Å².